The fraction of sp³-hybridized carbons (Fsp3) is 0.400. The molecule has 25 heavy (non-hydrogen) atoms. The largest absolute Gasteiger partial charge is 0.488 e. The average molecular weight is 337 g/mol. The maximum absolute atomic E-state index is 12.5. The van der Waals surface area contributed by atoms with Crippen LogP contribution in [0.5, 0.6) is 5.75 Å². The molecule has 3 heterocycles. The number of carbonyl (C=O) groups is 1. The number of benzene rings is 1. The van der Waals surface area contributed by atoms with Gasteiger partial charge in [0, 0.05) is 50.7 Å². The second-order valence-corrected chi connectivity index (χ2v) is 6.82. The maximum Gasteiger partial charge on any atom is 0.253 e. The van der Waals surface area contributed by atoms with Crippen molar-refractivity contribution < 1.29 is 9.53 Å². The molecule has 2 saturated heterocycles. The fourth-order valence-corrected chi connectivity index (χ4v) is 3.47. The van der Waals surface area contributed by atoms with Gasteiger partial charge in [-0.3, -0.25) is 14.7 Å². The first-order valence-electron chi connectivity index (χ1n) is 8.95. The van der Waals surface area contributed by atoms with Gasteiger partial charge in [-0.1, -0.05) is 6.07 Å². The molecule has 1 amide bonds. The Morgan fingerprint density at radius 2 is 1.88 bits per heavy atom. The number of rotatable bonds is 5. The Labute approximate surface area is 148 Å². The Kier molecular flexibility index (Phi) is 4.65. The van der Waals surface area contributed by atoms with Gasteiger partial charge in [0.25, 0.3) is 5.91 Å². The van der Waals surface area contributed by atoms with Crippen LogP contribution in [0.3, 0.4) is 0 Å². The summed E-state index contributed by atoms with van der Waals surface area (Å²) in [5, 5.41) is 0. The highest BCUT2D eigenvalue weighted by Crippen LogP contribution is 2.22. The number of ether oxygens (including phenoxy) is 1. The zero-order chi connectivity index (χ0) is 17.1. The maximum atomic E-state index is 12.5. The van der Waals surface area contributed by atoms with Crippen LogP contribution in [0.4, 0.5) is 0 Å². The summed E-state index contributed by atoms with van der Waals surface area (Å²) in [5.41, 5.74) is 2.00. The number of pyridine rings is 1. The SMILES string of the molecule is O=C(c1cccc(OC2CN(Cc3ccncc3)C2)c1)N1CCCC1. The van der Waals surface area contributed by atoms with Gasteiger partial charge in [0.15, 0.2) is 0 Å². The van der Waals surface area contributed by atoms with Crippen LogP contribution in [-0.2, 0) is 6.54 Å². The topological polar surface area (TPSA) is 45.7 Å². The van der Waals surface area contributed by atoms with Gasteiger partial charge in [0.05, 0.1) is 0 Å². The van der Waals surface area contributed by atoms with Crippen LogP contribution in [0, 0.1) is 0 Å². The molecular weight excluding hydrogens is 314 g/mol. The third kappa shape index (κ3) is 3.82. The van der Waals surface area contributed by atoms with Crippen molar-refractivity contribution in [3.63, 3.8) is 0 Å². The second kappa shape index (κ2) is 7.23. The molecule has 0 bridgehead atoms. The molecule has 1 aromatic heterocycles. The normalized spacial score (nSPS) is 18.2. The number of aromatic nitrogens is 1. The number of carbonyl (C=O) groups excluding carboxylic acids is 1. The smallest absolute Gasteiger partial charge is 0.253 e. The predicted molar refractivity (Wildman–Crippen MR) is 95.5 cm³/mol. The second-order valence-electron chi connectivity index (χ2n) is 6.82. The van der Waals surface area contributed by atoms with Crippen LogP contribution in [0.15, 0.2) is 48.8 Å². The first-order chi connectivity index (χ1) is 12.3. The lowest BCUT2D eigenvalue weighted by Crippen LogP contribution is -2.53. The number of likely N-dealkylation sites (tertiary alicyclic amines) is 2. The van der Waals surface area contributed by atoms with Crippen molar-refractivity contribution in [2.24, 2.45) is 0 Å². The van der Waals surface area contributed by atoms with Crippen LogP contribution < -0.4 is 4.74 Å². The van der Waals surface area contributed by atoms with E-state index >= 15 is 0 Å². The fourth-order valence-electron chi connectivity index (χ4n) is 3.47. The number of hydrogen-bond donors (Lipinski definition) is 0. The zero-order valence-corrected chi connectivity index (χ0v) is 14.3. The number of hydrogen-bond acceptors (Lipinski definition) is 4. The summed E-state index contributed by atoms with van der Waals surface area (Å²) in [6, 6.07) is 11.7. The summed E-state index contributed by atoms with van der Waals surface area (Å²) in [4.78, 5) is 20.8. The third-order valence-electron chi connectivity index (χ3n) is 4.86. The van der Waals surface area contributed by atoms with Crippen molar-refractivity contribution in [3.05, 3.63) is 59.9 Å². The van der Waals surface area contributed by atoms with E-state index in [0.717, 1.165) is 56.9 Å². The Morgan fingerprint density at radius 1 is 1.12 bits per heavy atom. The van der Waals surface area contributed by atoms with Gasteiger partial charge < -0.3 is 9.64 Å². The van der Waals surface area contributed by atoms with Gasteiger partial charge >= 0.3 is 0 Å². The van der Waals surface area contributed by atoms with E-state index in [9.17, 15) is 4.79 Å². The summed E-state index contributed by atoms with van der Waals surface area (Å²) in [5.74, 6) is 0.912. The molecule has 0 atom stereocenters. The monoisotopic (exact) mass is 337 g/mol. The number of amides is 1. The minimum absolute atomic E-state index is 0.121. The number of nitrogens with zero attached hydrogens (tertiary/aromatic N) is 3. The molecule has 2 fully saturated rings. The molecule has 2 aliphatic heterocycles. The van der Waals surface area contributed by atoms with E-state index in [1.54, 1.807) is 0 Å². The van der Waals surface area contributed by atoms with E-state index in [4.69, 9.17) is 4.74 Å². The van der Waals surface area contributed by atoms with E-state index in [1.165, 1.54) is 5.56 Å². The summed E-state index contributed by atoms with van der Waals surface area (Å²) >= 11 is 0. The van der Waals surface area contributed by atoms with Gasteiger partial charge in [0.1, 0.15) is 11.9 Å². The van der Waals surface area contributed by atoms with Crippen LogP contribution in [0.1, 0.15) is 28.8 Å². The molecule has 130 valence electrons. The molecule has 2 aromatic rings. The molecule has 5 nitrogen and oxygen atoms in total. The highest BCUT2D eigenvalue weighted by Gasteiger charge is 2.28. The van der Waals surface area contributed by atoms with Gasteiger partial charge in [0.2, 0.25) is 0 Å². The van der Waals surface area contributed by atoms with Crippen molar-refractivity contribution in [1.82, 2.24) is 14.8 Å². The van der Waals surface area contributed by atoms with E-state index in [0.29, 0.717) is 0 Å². The molecule has 5 heteroatoms. The van der Waals surface area contributed by atoms with Crippen molar-refractivity contribution in [3.8, 4) is 5.75 Å². The zero-order valence-electron chi connectivity index (χ0n) is 14.3. The lowest BCUT2D eigenvalue weighted by atomic mass is 10.1. The van der Waals surface area contributed by atoms with Crippen molar-refractivity contribution in [2.75, 3.05) is 26.2 Å². The van der Waals surface area contributed by atoms with Crippen LogP contribution in [0.2, 0.25) is 0 Å². The first kappa shape index (κ1) is 16.1. The van der Waals surface area contributed by atoms with Crippen molar-refractivity contribution in [2.45, 2.75) is 25.5 Å². The molecule has 4 rings (SSSR count). The lowest BCUT2D eigenvalue weighted by molar-refractivity contribution is 0.0145. The van der Waals surface area contributed by atoms with E-state index < -0.39 is 0 Å². The summed E-state index contributed by atoms with van der Waals surface area (Å²) in [6.07, 6.45) is 6.06. The van der Waals surface area contributed by atoms with Gasteiger partial charge in [-0.05, 0) is 48.7 Å². The van der Waals surface area contributed by atoms with Crippen LogP contribution in [0.25, 0.3) is 0 Å². The Hall–Kier alpha value is -2.40. The average Bonchev–Trinajstić information content (AvgIpc) is 3.15. The standard InChI is InChI=1S/C20H23N3O2/c24-20(23-10-1-2-11-23)17-4-3-5-18(12-17)25-19-14-22(15-19)13-16-6-8-21-9-7-16/h3-9,12,19H,1-2,10-11,13-15H2. The molecule has 0 radical (unpaired) electrons. The molecule has 0 saturated carbocycles. The van der Waals surface area contributed by atoms with Crippen molar-refractivity contribution in [1.29, 1.82) is 0 Å². The molecule has 0 spiro atoms. The summed E-state index contributed by atoms with van der Waals surface area (Å²) < 4.78 is 6.05. The molecule has 2 aliphatic rings. The van der Waals surface area contributed by atoms with Crippen LogP contribution >= 0.6 is 0 Å². The van der Waals surface area contributed by atoms with Crippen molar-refractivity contribution >= 4 is 5.91 Å². The minimum atomic E-state index is 0.121. The lowest BCUT2D eigenvalue weighted by Gasteiger charge is -2.39. The van der Waals surface area contributed by atoms with E-state index in [2.05, 4.69) is 9.88 Å². The minimum Gasteiger partial charge on any atom is -0.488 e. The Morgan fingerprint density at radius 3 is 2.64 bits per heavy atom. The molecular formula is C20H23N3O2. The molecule has 0 aliphatic carbocycles. The summed E-state index contributed by atoms with van der Waals surface area (Å²) in [6.45, 7) is 4.49. The van der Waals surface area contributed by atoms with E-state index in [-0.39, 0.29) is 12.0 Å². The Bertz CT molecular complexity index is 723. The van der Waals surface area contributed by atoms with Crippen LogP contribution in [-0.4, -0.2) is 53.0 Å². The van der Waals surface area contributed by atoms with Gasteiger partial charge in [-0.15, -0.1) is 0 Å². The van der Waals surface area contributed by atoms with Gasteiger partial charge in [-0.2, -0.15) is 0 Å². The predicted octanol–water partition coefficient (Wildman–Crippen LogP) is 2.58. The Balaban J connectivity index is 1.30. The molecule has 0 N–H and O–H groups in total. The van der Waals surface area contributed by atoms with E-state index in [1.807, 2.05) is 53.7 Å². The highest BCUT2D eigenvalue weighted by atomic mass is 16.5. The van der Waals surface area contributed by atoms with Gasteiger partial charge in [-0.25, -0.2) is 0 Å². The third-order valence-corrected chi connectivity index (χ3v) is 4.86. The first-order valence-corrected chi connectivity index (χ1v) is 8.95. The molecule has 1 aromatic carbocycles. The highest BCUT2D eigenvalue weighted by molar-refractivity contribution is 5.94. The summed E-state index contributed by atoms with van der Waals surface area (Å²) in [7, 11) is 0. The quantitative estimate of drug-likeness (QED) is 0.841. The molecule has 0 unspecified atom stereocenters.